The van der Waals surface area contributed by atoms with Crippen LogP contribution in [-0.2, 0) is 0 Å². The van der Waals surface area contributed by atoms with Crippen LogP contribution in [0.3, 0.4) is 0 Å². The van der Waals surface area contributed by atoms with Gasteiger partial charge in [-0.25, -0.2) is 4.98 Å². The Kier molecular flexibility index (Phi) is 4.56. The first-order valence-electron chi connectivity index (χ1n) is 9.62. The van der Waals surface area contributed by atoms with Crippen LogP contribution in [0.2, 0.25) is 0 Å². The van der Waals surface area contributed by atoms with Crippen molar-refractivity contribution in [3.05, 3.63) is 71.9 Å². The monoisotopic (exact) mass is 401 g/mol. The van der Waals surface area contributed by atoms with Crippen molar-refractivity contribution in [1.82, 2.24) is 15.3 Å². The Labute approximate surface area is 171 Å². The van der Waals surface area contributed by atoms with E-state index in [1.165, 1.54) is 11.8 Å². The highest BCUT2D eigenvalue weighted by molar-refractivity contribution is 7.99. The Morgan fingerprint density at radius 3 is 2.62 bits per heavy atom. The molecule has 4 aromatic rings. The second-order valence-corrected chi connectivity index (χ2v) is 8.23. The zero-order valence-corrected chi connectivity index (χ0v) is 16.5. The van der Waals surface area contributed by atoms with Gasteiger partial charge in [-0.1, -0.05) is 48.2 Å². The molecule has 0 aliphatic heterocycles. The molecule has 0 bridgehead atoms. The first-order chi connectivity index (χ1) is 14.2. The average Bonchev–Trinajstić information content (AvgIpc) is 3.46. The largest absolute Gasteiger partial charge is 0.360 e. The van der Waals surface area contributed by atoms with E-state index < -0.39 is 0 Å². The van der Waals surface area contributed by atoms with Crippen molar-refractivity contribution in [2.75, 3.05) is 5.75 Å². The second-order valence-electron chi connectivity index (χ2n) is 7.23. The van der Waals surface area contributed by atoms with E-state index >= 15 is 0 Å². The summed E-state index contributed by atoms with van der Waals surface area (Å²) >= 11 is 1.36. The first-order valence-corrected chi connectivity index (χ1v) is 10.6. The number of para-hydroxylation sites is 2. The van der Waals surface area contributed by atoms with Crippen molar-refractivity contribution in [3.63, 3.8) is 0 Å². The molecule has 2 heterocycles. The number of thioether (sulfide) groups is 1. The van der Waals surface area contributed by atoms with Gasteiger partial charge in [0.05, 0.1) is 21.9 Å². The maximum atomic E-state index is 12.8. The molecule has 0 radical (unpaired) electrons. The van der Waals surface area contributed by atoms with Gasteiger partial charge in [0.1, 0.15) is 0 Å². The number of H-pyrrole nitrogens is 1. The Bertz CT molecular complexity index is 1240. The quantitative estimate of drug-likeness (QED) is 0.366. The topological polar surface area (TPSA) is 74.8 Å². The zero-order valence-electron chi connectivity index (χ0n) is 15.6. The zero-order chi connectivity index (χ0) is 19.8. The van der Waals surface area contributed by atoms with Crippen molar-refractivity contribution in [2.24, 2.45) is 0 Å². The van der Waals surface area contributed by atoms with Crippen molar-refractivity contribution in [2.45, 2.75) is 23.9 Å². The van der Waals surface area contributed by atoms with E-state index in [9.17, 15) is 9.59 Å². The third-order valence-electron chi connectivity index (χ3n) is 5.09. The molecule has 0 spiro atoms. The molecule has 0 unspecified atom stereocenters. The highest BCUT2D eigenvalue weighted by Gasteiger charge is 2.25. The minimum Gasteiger partial charge on any atom is -0.360 e. The van der Waals surface area contributed by atoms with Crippen molar-refractivity contribution in [3.8, 4) is 0 Å². The van der Waals surface area contributed by atoms with E-state index in [-0.39, 0.29) is 23.5 Å². The molecule has 2 aromatic heterocycles. The standard InChI is InChI=1S/C23H19N3O2S/c27-21(18-12-24-19-7-3-1-6-16(18)19)13-29-22-11-17(23(28)25-14-9-10-14)15-5-2-4-8-20(15)26-22/h1-8,11-12,14,24H,9-10,13H2,(H,25,28). The highest BCUT2D eigenvalue weighted by atomic mass is 32.2. The van der Waals surface area contributed by atoms with Gasteiger partial charge in [-0.2, -0.15) is 0 Å². The predicted molar refractivity (Wildman–Crippen MR) is 116 cm³/mol. The van der Waals surface area contributed by atoms with Crippen LogP contribution in [0.1, 0.15) is 33.6 Å². The molecule has 2 aromatic carbocycles. The molecule has 1 saturated carbocycles. The van der Waals surface area contributed by atoms with Crippen LogP contribution < -0.4 is 5.32 Å². The molecule has 1 aliphatic rings. The summed E-state index contributed by atoms with van der Waals surface area (Å²) in [5.74, 6) is 0.221. The van der Waals surface area contributed by atoms with Gasteiger partial charge in [-0.05, 0) is 31.0 Å². The molecular formula is C23H19N3O2S. The summed E-state index contributed by atoms with van der Waals surface area (Å²) in [7, 11) is 0. The summed E-state index contributed by atoms with van der Waals surface area (Å²) in [5, 5.41) is 5.48. The molecule has 6 heteroatoms. The van der Waals surface area contributed by atoms with Gasteiger partial charge in [0, 0.05) is 34.1 Å². The normalized spacial score (nSPS) is 13.7. The van der Waals surface area contributed by atoms with Crippen LogP contribution in [0.5, 0.6) is 0 Å². The molecule has 1 aliphatic carbocycles. The summed E-state index contributed by atoms with van der Waals surface area (Å²) in [6.45, 7) is 0. The fourth-order valence-corrected chi connectivity index (χ4v) is 4.22. The first kappa shape index (κ1) is 17.9. The Morgan fingerprint density at radius 1 is 1.03 bits per heavy atom. The van der Waals surface area contributed by atoms with Crippen LogP contribution >= 0.6 is 11.8 Å². The van der Waals surface area contributed by atoms with Gasteiger partial charge in [0.25, 0.3) is 5.91 Å². The van der Waals surface area contributed by atoms with Gasteiger partial charge in [0.15, 0.2) is 5.78 Å². The molecule has 0 atom stereocenters. The number of pyridine rings is 1. The highest BCUT2D eigenvalue weighted by Crippen LogP contribution is 2.27. The average molecular weight is 401 g/mol. The smallest absolute Gasteiger partial charge is 0.252 e. The summed E-state index contributed by atoms with van der Waals surface area (Å²) in [6.07, 6.45) is 3.83. The SMILES string of the molecule is O=C(NC1CC1)c1cc(SCC(=O)c2c[nH]c3ccccc23)nc2ccccc12. The van der Waals surface area contributed by atoms with E-state index in [4.69, 9.17) is 0 Å². The summed E-state index contributed by atoms with van der Waals surface area (Å²) in [5.41, 5.74) is 3.01. The van der Waals surface area contributed by atoms with Crippen LogP contribution in [0.25, 0.3) is 21.8 Å². The predicted octanol–water partition coefficient (Wildman–Crippen LogP) is 4.58. The molecule has 0 saturated heterocycles. The molecule has 5 rings (SSSR count). The van der Waals surface area contributed by atoms with E-state index in [0.29, 0.717) is 16.2 Å². The van der Waals surface area contributed by atoms with E-state index in [1.807, 2.05) is 48.5 Å². The molecule has 144 valence electrons. The Morgan fingerprint density at radius 2 is 1.79 bits per heavy atom. The number of carbonyl (C=O) groups excluding carboxylic acids is 2. The number of aromatic amines is 1. The lowest BCUT2D eigenvalue weighted by atomic mass is 10.1. The van der Waals surface area contributed by atoms with E-state index in [1.54, 1.807) is 12.3 Å². The van der Waals surface area contributed by atoms with Crippen LogP contribution in [0.4, 0.5) is 0 Å². The number of aromatic nitrogens is 2. The lowest BCUT2D eigenvalue weighted by molar-refractivity contribution is 0.0951. The molecule has 1 fully saturated rings. The molecule has 5 nitrogen and oxygen atoms in total. The Hall–Kier alpha value is -3.12. The van der Waals surface area contributed by atoms with Gasteiger partial charge in [-0.15, -0.1) is 0 Å². The number of ketones is 1. The van der Waals surface area contributed by atoms with Gasteiger partial charge in [-0.3, -0.25) is 9.59 Å². The van der Waals surface area contributed by atoms with Gasteiger partial charge < -0.3 is 10.3 Å². The lowest BCUT2D eigenvalue weighted by Gasteiger charge is -2.09. The fourth-order valence-electron chi connectivity index (χ4n) is 3.42. The number of Topliss-reactive ketones (excluding diaryl/α,β-unsaturated/α-hetero) is 1. The maximum Gasteiger partial charge on any atom is 0.252 e. The molecule has 29 heavy (non-hydrogen) atoms. The van der Waals surface area contributed by atoms with E-state index in [2.05, 4.69) is 15.3 Å². The fraction of sp³-hybridized carbons (Fsp3) is 0.174. The van der Waals surface area contributed by atoms with Crippen LogP contribution in [0.15, 0.2) is 65.8 Å². The van der Waals surface area contributed by atoms with Crippen molar-refractivity contribution in [1.29, 1.82) is 0 Å². The van der Waals surface area contributed by atoms with Crippen LogP contribution in [0, 0.1) is 0 Å². The number of carbonyl (C=O) groups is 2. The number of amides is 1. The number of nitrogens with zero attached hydrogens (tertiary/aromatic N) is 1. The number of benzene rings is 2. The second kappa shape index (κ2) is 7.37. The minimum absolute atomic E-state index is 0.0337. The number of fused-ring (bicyclic) bond motifs is 2. The Balaban J connectivity index is 1.41. The molecular weight excluding hydrogens is 382 g/mol. The van der Waals surface area contributed by atoms with E-state index in [0.717, 1.165) is 34.6 Å². The van der Waals surface area contributed by atoms with Crippen LogP contribution in [-0.4, -0.2) is 33.5 Å². The summed E-state index contributed by atoms with van der Waals surface area (Å²) < 4.78 is 0. The van der Waals surface area contributed by atoms with Gasteiger partial charge in [0.2, 0.25) is 0 Å². The molecule has 2 N–H and O–H groups in total. The third kappa shape index (κ3) is 3.63. The number of hydrogen-bond acceptors (Lipinski definition) is 4. The third-order valence-corrected chi connectivity index (χ3v) is 6.00. The minimum atomic E-state index is -0.0732. The summed E-state index contributed by atoms with van der Waals surface area (Å²) in [6, 6.07) is 17.5. The van der Waals surface area contributed by atoms with Gasteiger partial charge >= 0.3 is 0 Å². The number of nitrogens with one attached hydrogen (secondary N) is 2. The molecule has 1 amide bonds. The van der Waals surface area contributed by atoms with Crippen molar-refractivity contribution >= 4 is 45.3 Å². The maximum absolute atomic E-state index is 12.8. The number of hydrogen-bond donors (Lipinski definition) is 2. The lowest BCUT2D eigenvalue weighted by Crippen LogP contribution is -2.25. The number of rotatable bonds is 6. The summed E-state index contributed by atoms with van der Waals surface area (Å²) in [4.78, 5) is 33.3. The van der Waals surface area contributed by atoms with Crippen molar-refractivity contribution < 1.29 is 9.59 Å².